The van der Waals surface area contributed by atoms with Crippen LogP contribution in [-0.4, -0.2) is 16.6 Å². The molecule has 0 aliphatic carbocycles. The topological polar surface area (TPSA) is 56.0 Å². The van der Waals surface area contributed by atoms with Gasteiger partial charge in [-0.3, -0.25) is 9.78 Å². The van der Waals surface area contributed by atoms with Crippen LogP contribution in [0.5, 0.6) is 0 Å². The van der Waals surface area contributed by atoms with E-state index in [-0.39, 0.29) is 17.0 Å². The molecule has 10 heteroatoms. The molecule has 1 heterocycles. The average molecular weight is 420 g/mol. The highest BCUT2D eigenvalue weighted by molar-refractivity contribution is 7.99. The van der Waals surface area contributed by atoms with Gasteiger partial charge in [-0.05, 0) is 36.2 Å². The molecule has 28 heavy (non-hydrogen) atoms. The summed E-state index contributed by atoms with van der Waals surface area (Å²) in [5.41, 5.74) is 4.93. The Balaban J connectivity index is 2.50. The van der Waals surface area contributed by atoms with Gasteiger partial charge in [0, 0.05) is 23.9 Å². The summed E-state index contributed by atoms with van der Waals surface area (Å²) in [5, 5.41) is -1.22. The molecule has 0 aliphatic rings. The quantitative estimate of drug-likeness (QED) is 0.495. The molecule has 1 unspecified atom stereocenters. The van der Waals surface area contributed by atoms with E-state index in [1.165, 1.54) is 13.0 Å². The molecule has 0 saturated heterocycles. The number of hydrogen-bond acceptors (Lipinski definition) is 3. The summed E-state index contributed by atoms with van der Waals surface area (Å²) in [6.07, 6.45) is -2.03. The largest absolute Gasteiger partial charge is 0.364 e. The third-order valence-electron chi connectivity index (χ3n) is 3.84. The maximum atomic E-state index is 14.3. The minimum atomic E-state index is -2.48. The van der Waals surface area contributed by atoms with Gasteiger partial charge in [0.15, 0.2) is 17.5 Å². The average Bonchev–Trinajstić information content (AvgIpc) is 2.63. The lowest BCUT2D eigenvalue weighted by molar-refractivity contribution is 0.0995. The molecule has 3 nitrogen and oxygen atoms in total. The second kappa shape index (κ2) is 9.13. The minimum Gasteiger partial charge on any atom is -0.364 e. The molecule has 0 spiro atoms. The lowest BCUT2D eigenvalue weighted by Crippen LogP contribution is -2.15. The number of nitrogens with two attached hydrogens (primary N) is 1. The smallest absolute Gasteiger partial charge is 0.301 e. The number of amides is 1. The number of aryl methyl sites for hydroxylation is 1. The van der Waals surface area contributed by atoms with E-state index in [0.29, 0.717) is 11.6 Å². The fraction of sp³-hybridized carbons (Fsp3) is 0.222. The van der Waals surface area contributed by atoms with E-state index in [1.54, 1.807) is 0 Å². The normalized spacial score (nSPS) is 12.0. The number of primary amides is 1. The van der Waals surface area contributed by atoms with E-state index in [4.69, 9.17) is 5.73 Å². The Kier molecular flexibility index (Phi) is 7.11. The van der Waals surface area contributed by atoms with Crippen molar-refractivity contribution in [1.29, 1.82) is 0 Å². The van der Waals surface area contributed by atoms with Gasteiger partial charge in [-0.25, -0.2) is 17.6 Å². The molecule has 2 N–H and O–H groups in total. The van der Waals surface area contributed by atoms with Crippen molar-refractivity contribution in [3.8, 4) is 0 Å². The summed E-state index contributed by atoms with van der Waals surface area (Å²) < 4.78 is 79.8. The maximum absolute atomic E-state index is 14.3. The number of carbonyl (C=O) groups is 1. The Bertz CT molecular complexity index is 931. The van der Waals surface area contributed by atoms with Crippen LogP contribution in [-0.2, 0) is 0 Å². The molecule has 0 fully saturated rings. The molecule has 0 saturated carbocycles. The Morgan fingerprint density at radius 3 is 2.39 bits per heavy atom. The van der Waals surface area contributed by atoms with E-state index in [0.717, 1.165) is 24.0 Å². The lowest BCUT2D eigenvalue weighted by atomic mass is 10.00. The van der Waals surface area contributed by atoms with Crippen LogP contribution in [0.1, 0.15) is 38.8 Å². The number of pyridine rings is 1. The van der Waals surface area contributed by atoms with E-state index < -0.39 is 52.5 Å². The predicted molar refractivity (Wildman–Crippen MR) is 93.1 cm³/mol. The number of rotatable bonds is 7. The van der Waals surface area contributed by atoms with Gasteiger partial charge < -0.3 is 5.73 Å². The van der Waals surface area contributed by atoms with Crippen molar-refractivity contribution in [3.63, 3.8) is 0 Å². The van der Waals surface area contributed by atoms with Crippen LogP contribution in [0.2, 0.25) is 0 Å². The van der Waals surface area contributed by atoms with E-state index in [9.17, 15) is 31.1 Å². The third kappa shape index (κ3) is 4.86. The number of nitrogens with zero attached hydrogens (tertiary/aromatic N) is 1. The van der Waals surface area contributed by atoms with Crippen molar-refractivity contribution < 1.29 is 31.1 Å². The highest BCUT2D eigenvalue weighted by Gasteiger charge is 2.27. The van der Waals surface area contributed by atoms with E-state index >= 15 is 0 Å². The number of hydrogen-bond donors (Lipinski definition) is 1. The summed E-state index contributed by atoms with van der Waals surface area (Å²) >= 11 is 0.729. The molecule has 0 radical (unpaired) electrons. The van der Waals surface area contributed by atoms with Crippen LogP contribution >= 0.6 is 11.8 Å². The van der Waals surface area contributed by atoms with Crippen molar-refractivity contribution in [3.05, 3.63) is 76.1 Å². The minimum absolute atomic E-state index is 0.0985. The summed E-state index contributed by atoms with van der Waals surface area (Å²) in [4.78, 5) is 15.0. The standard InChI is InChI=1S/C18H14F6N2OS/c1-8-6-13(18(25)27)26-7-9(8)16(28-5-4-12(21)17(23)24)14-10(19)2-3-11(20)15(14)22/h2-3,6-7,16H,4-5H2,1H3,(H2,25,27). The van der Waals surface area contributed by atoms with Crippen molar-refractivity contribution in [2.45, 2.75) is 18.6 Å². The first-order chi connectivity index (χ1) is 13.1. The molecule has 0 bridgehead atoms. The molecule has 0 aliphatic heterocycles. The molecular weight excluding hydrogens is 406 g/mol. The number of halogens is 6. The SMILES string of the molecule is Cc1cc(C(N)=O)ncc1C(SCCC(F)=C(F)F)c1c(F)ccc(F)c1F. The van der Waals surface area contributed by atoms with Gasteiger partial charge in [0.1, 0.15) is 11.5 Å². The fourth-order valence-electron chi connectivity index (χ4n) is 2.45. The zero-order valence-corrected chi connectivity index (χ0v) is 15.2. The summed E-state index contributed by atoms with van der Waals surface area (Å²) in [6.45, 7) is 1.51. The molecule has 1 aromatic carbocycles. The van der Waals surface area contributed by atoms with E-state index in [2.05, 4.69) is 4.98 Å². The van der Waals surface area contributed by atoms with Gasteiger partial charge in [0.05, 0.1) is 5.25 Å². The second-order valence-electron chi connectivity index (χ2n) is 5.71. The Morgan fingerprint density at radius 1 is 1.18 bits per heavy atom. The number of thioether (sulfide) groups is 1. The van der Waals surface area contributed by atoms with Crippen molar-refractivity contribution in [1.82, 2.24) is 4.98 Å². The molecule has 1 aromatic heterocycles. The van der Waals surface area contributed by atoms with Gasteiger partial charge in [-0.1, -0.05) is 0 Å². The van der Waals surface area contributed by atoms with E-state index in [1.807, 2.05) is 0 Å². The maximum Gasteiger partial charge on any atom is 0.301 e. The fourth-order valence-corrected chi connectivity index (χ4v) is 3.79. The highest BCUT2D eigenvalue weighted by atomic mass is 32.2. The molecule has 2 rings (SSSR count). The number of carbonyl (C=O) groups excluding carboxylic acids is 1. The molecule has 1 amide bonds. The summed E-state index contributed by atoms with van der Waals surface area (Å²) in [6, 6.07) is 2.61. The van der Waals surface area contributed by atoms with Crippen molar-refractivity contribution in [2.24, 2.45) is 5.73 Å². The van der Waals surface area contributed by atoms with Gasteiger partial charge in [0.2, 0.25) is 0 Å². The lowest BCUT2D eigenvalue weighted by Gasteiger charge is -2.21. The van der Waals surface area contributed by atoms with Crippen LogP contribution in [0.15, 0.2) is 36.3 Å². The number of aromatic nitrogens is 1. The molecule has 150 valence electrons. The summed E-state index contributed by atoms with van der Waals surface area (Å²) in [7, 11) is 0. The Labute approximate surface area is 160 Å². The van der Waals surface area contributed by atoms with Gasteiger partial charge in [-0.2, -0.15) is 8.78 Å². The van der Waals surface area contributed by atoms with Gasteiger partial charge in [-0.15, -0.1) is 11.8 Å². The highest BCUT2D eigenvalue weighted by Crippen LogP contribution is 2.41. The van der Waals surface area contributed by atoms with Gasteiger partial charge in [0.25, 0.3) is 5.91 Å². The number of allylic oxidation sites excluding steroid dienone is 1. The van der Waals surface area contributed by atoms with Crippen LogP contribution in [0.25, 0.3) is 0 Å². The third-order valence-corrected chi connectivity index (χ3v) is 5.10. The van der Waals surface area contributed by atoms with Crippen molar-refractivity contribution in [2.75, 3.05) is 5.75 Å². The second-order valence-corrected chi connectivity index (χ2v) is 6.93. The first-order valence-corrected chi connectivity index (χ1v) is 8.89. The summed E-state index contributed by atoms with van der Waals surface area (Å²) in [5.74, 6) is -6.58. The molecular formula is C18H14F6N2OS. The van der Waals surface area contributed by atoms with Crippen LogP contribution < -0.4 is 5.73 Å². The first kappa shape index (κ1) is 21.8. The molecule has 1 atom stereocenters. The Morgan fingerprint density at radius 2 is 1.82 bits per heavy atom. The zero-order chi connectivity index (χ0) is 21.0. The first-order valence-electron chi connectivity index (χ1n) is 7.84. The van der Waals surface area contributed by atoms with Crippen molar-refractivity contribution >= 4 is 17.7 Å². The zero-order valence-electron chi connectivity index (χ0n) is 14.4. The Hall–Kier alpha value is -2.49. The van der Waals surface area contributed by atoms with Crippen LogP contribution in [0.3, 0.4) is 0 Å². The van der Waals surface area contributed by atoms with Crippen LogP contribution in [0, 0.1) is 24.4 Å². The van der Waals surface area contributed by atoms with Gasteiger partial charge >= 0.3 is 6.08 Å². The molecule has 2 aromatic rings. The monoisotopic (exact) mass is 420 g/mol. The predicted octanol–water partition coefficient (Wildman–Crippen LogP) is 5.20. The number of benzene rings is 1. The van der Waals surface area contributed by atoms with Crippen LogP contribution in [0.4, 0.5) is 26.3 Å².